The second-order valence-corrected chi connectivity index (χ2v) is 8.26. The van der Waals surface area contributed by atoms with E-state index in [-0.39, 0.29) is 5.92 Å². The minimum Gasteiger partial charge on any atom is -0.377 e. The Morgan fingerprint density at radius 1 is 0.964 bits per heavy atom. The van der Waals surface area contributed by atoms with Crippen LogP contribution in [0.5, 0.6) is 0 Å². The first kappa shape index (κ1) is 17.7. The Kier molecular flexibility index (Phi) is 4.33. The number of imidazole rings is 1. The first-order valence-corrected chi connectivity index (χ1v) is 10.3. The van der Waals surface area contributed by atoms with Gasteiger partial charge in [0.25, 0.3) is 0 Å². The predicted octanol–water partition coefficient (Wildman–Crippen LogP) is 3.68. The molecule has 3 heterocycles. The molecule has 1 aromatic heterocycles. The van der Waals surface area contributed by atoms with Crippen LogP contribution in [0.15, 0.2) is 60.8 Å². The van der Waals surface area contributed by atoms with Crippen molar-refractivity contribution < 1.29 is 5.11 Å². The van der Waals surface area contributed by atoms with E-state index in [9.17, 15) is 5.11 Å². The van der Waals surface area contributed by atoms with Crippen LogP contribution in [0.1, 0.15) is 29.8 Å². The molecule has 0 aliphatic carbocycles. The van der Waals surface area contributed by atoms with Crippen molar-refractivity contribution in [2.24, 2.45) is 5.92 Å². The number of likely N-dealkylation sites (tertiary alicyclic amines) is 1. The molecule has 5 rings (SSSR count). The molecule has 1 atom stereocenters. The monoisotopic (exact) mass is 373 g/mol. The normalized spacial score (nSPS) is 23.1. The smallest absolute Gasteiger partial charge is 0.150 e. The third-order valence-corrected chi connectivity index (χ3v) is 6.55. The van der Waals surface area contributed by atoms with Crippen LogP contribution in [-0.4, -0.2) is 39.7 Å². The van der Waals surface area contributed by atoms with Gasteiger partial charge in [0, 0.05) is 24.2 Å². The number of benzene rings is 2. The fourth-order valence-corrected chi connectivity index (χ4v) is 4.94. The summed E-state index contributed by atoms with van der Waals surface area (Å²) in [5.41, 5.74) is 3.30. The van der Waals surface area contributed by atoms with Crippen LogP contribution < -0.4 is 0 Å². The Morgan fingerprint density at radius 3 is 2.46 bits per heavy atom. The SMILES string of the molecule is CN1CCC(C2(O)c3ccccc3CCn3cc(-c4ccccc4)nc32)CC1. The summed E-state index contributed by atoms with van der Waals surface area (Å²) in [5.74, 6) is 0.985. The van der Waals surface area contributed by atoms with Gasteiger partial charge in [0.15, 0.2) is 5.60 Å². The van der Waals surface area contributed by atoms with E-state index in [4.69, 9.17) is 4.98 Å². The second kappa shape index (κ2) is 6.87. The molecule has 0 radical (unpaired) electrons. The van der Waals surface area contributed by atoms with E-state index in [0.717, 1.165) is 61.5 Å². The molecule has 4 heteroatoms. The third-order valence-electron chi connectivity index (χ3n) is 6.55. The number of aromatic nitrogens is 2. The summed E-state index contributed by atoms with van der Waals surface area (Å²) in [4.78, 5) is 7.38. The number of hydrogen-bond acceptors (Lipinski definition) is 3. The number of hydrogen-bond donors (Lipinski definition) is 1. The average molecular weight is 374 g/mol. The number of rotatable bonds is 2. The Hall–Kier alpha value is -2.43. The molecule has 0 saturated carbocycles. The highest BCUT2D eigenvalue weighted by molar-refractivity contribution is 5.59. The summed E-state index contributed by atoms with van der Waals surface area (Å²) < 4.78 is 2.20. The highest BCUT2D eigenvalue weighted by atomic mass is 16.3. The van der Waals surface area contributed by atoms with Crippen molar-refractivity contribution in [1.29, 1.82) is 0 Å². The average Bonchev–Trinajstić information content (AvgIpc) is 3.13. The van der Waals surface area contributed by atoms with Gasteiger partial charge in [-0.3, -0.25) is 0 Å². The van der Waals surface area contributed by atoms with Crippen molar-refractivity contribution in [2.75, 3.05) is 20.1 Å². The Morgan fingerprint density at radius 2 is 1.68 bits per heavy atom. The lowest BCUT2D eigenvalue weighted by atomic mass is 9.74. The van der Waals surface area contributed by atoms with Crippen LogP contribution in [0.4, 0.5) is 0 Å². The van der Waals surface area contributed by atoms with E-state index in [1.165, 1.54) is 5.56 Å². The van der Waals surface area contributed by atoms with Gasteiger partial charge in [-0.2, -0.15) is 0 Å². The molecule has 2 aliphatic heterocycles. The number of fused-ring (bicyclic) bond motifs is 2. The number of aliphatic hydroxyl groups is 1. The Balaban J connectivity index is 1.67. The molecule has 0 amide bonds. The lowest BCUT2D eigenvalue weighted by Crippen LogP contribution is -2.44. The second-order valence-electron chi connectivity index (χ2n) is 8.26. The van der Waals surface area contributed by atoms with Gasteiger partial charge in [-0.1, -0.05) is 54.6 Å². The number of aryl methyl sites for hydroxylation is 2. The Labute approximate surface area is 166 Å². The van der Waals surface area contributed by atoms with Gasteiger partial charge < -0.3 is 14.6 Å². The molecule has 1 unspecified atom stereocenters. The molecule has 144 valence electrons. The minimum absolute atomic E-state index is 0.174. The van der Waals surface area contributed by atoms with Gasteiger partial charge in [-0.15, -0.1) is 0 Å². The van der Waals surface area contributed by atoms with Crippen molar-refractivity contribution in [2.45, 2.75) is 31.4 Å². The molecule has 4 nitrogen and oxygen atoms in total. The number of nitrogens with zero attached hydrogens (tertiary/aromatic N) is 3. The molecule has 2 aliphatic rings. The van der Waals surface area contributed by atoms with Gasteiger partial charge >= 0.3 is 0 Å². The maximum atomic E-state index is 12.3. The van der Waals surface area contributed by atoms with Crippen LogP contribution in [0.25, 0.3) is 11.3 Å². The van der Waals surface area contributed by atoms with Crippen LogP contribution in [0.3, 0.4) is 0 Å². The highest BCUT2D eigenvalue weighted by Gasteiger charge is 2.46. The molecule has 3 aromatic rings. The molecule has 2 aromatic carbocycles. The van der Waals surface area contributed by atoms with E-state index in [1.54, 1.807) is 0 Å². The summed E-state index contributed by atoms with van der Waals surface area (Å²) in [7, 11) is 2.16. The maximum absolute atomic E-state index is 12.3. The van der Waals surface area contributed by atoms with Crippen molar-refractivity contribution in [3.8, 4) is 11.3 Å². The fraction of sp³-hybridized carbons (Fsp3) is 0.375. The van der Waals surface area contributed by atoms with Crippen molar-refractivity contribution in [3.05, 3.63) is 77.7 Å². The van der Waals surface area contributed by atoms with Crippen LogP contribution in [0, 0.1) is 5.92 Å². The molecule has 1 N–H and O–H groups in total. The zero-order valence-electron chi connectivity index (χ0n) is 16.4. The summed E-state index contributed by atoms with van der Waals surface area (Å²) in [6, 6.07) is 18.7. The van der Waals surface area contributed by atoms with E-state index < -0.39 is 5.60 Å². The van der Waals surface area contributed by atoms with Gasteiger partial charge in [-0.05, 0) is 50.5 Å². The third kappa shape index (κ3) is 2.79. The number of piperidine rings is 1. The van der Waals surface area contributed by atoms with Gasteiger partial charge in [0.1, 0.15) is 5.82 Å². The van der Waals surface area contributed by atoms with Crippen molar-refractivity contribution in [1.82, 2.24) is 14.5 Å². The largest absolute Gasteiger partial charge is 0.377 e. The van der Waals surface area contributed by atoms with E-state index in [1.807, 2.05) is 18.2 Å². The molecular formula is C24H27N3O. The van der Waals surface area contributed by atoms with E-state index in [0.29, 0.717) is 0 Å². The lowest BCUT2D eigenvalue weighted by Gasteiger charge is -2.40. The first-order chi connectivity index (χ1) is 13.7. The van der Waals surface area contributed by atoms with Gasteiger partial charge in [0.05, 0.1) is 5.69 Å². The summed E-state index contributed by atoms with van der Waals surface area (Å²) in [5, 5.41) is 12.3. The predicted molar refractivity (Wildman–Crippen MR) is 111 cm³/mol. The molecule has 0 spiro atoms. The zero-order chi connectivity index (χ0) is 19.1. The first-order valence-electron chi connectivity index (χ1n) is 10.3. The lowest BCUT2D eigenvalue weighted by molar-refractivity contribution is -0.0195. The molecular weight excluding hydrogens is 346 g/mol. The molecule has 1 saturated heterocycles. The topological polar surface area (TPSA) is 41.3 Å². The summed E-state index contributed by atoms with van der Waals surface area (Å²) in [6.45, 7) is 2.88. The van der Waals surface area contributed by atoms with Crippen LogP contribution in [-0.2, 0) is 18.6 Å². The zero-order valence-corrected chi connectivity index (χ0v) is 16.4. The summed E-state index contributed by atoms with van der Waals surface area (Å²) >= 11 is 0. The van der Waals surface area contributed by atoms with E-state index >= 15 is 0 Å². The summed E-state index contributed by atoms with van der Waals surface area (Å²) in [6.07, 6.45) is 5.00. The molecule has 1 fully saturated rings. The van der Waals surface area contributed by atoms with Gasteiger partial charge in [-0.25, -0.2) is 4.98 Å². The fourth-order valence-electron chi connectivity index (χ4n) is 4.94. The van der Waals surface area contributed by atoms with E-state index in [2.05, 4.69) is 59.1 Å². The van der Waals surface area contributed by atoms with Crippen LogP contribution in [0.2, 0.25) is 0 Å². The Bertz CT molecular complexity index is 973. The quantitative estimate of drug-likeness (QED) is 0.745. The molecule has 0 bridgehead atoms. The minimum atomic E-state index is -1.04. The standard InChI is InChI=1S/C24H27N3O/c1-26-14-12-20(13-15-26)24(28)21-10-6-5-7-18(21)11-16-27-17-22(25-23(24)27)19-8-3-2-4-9-19/h2-10,17,20,28H,11-16H2,1H3. The van der Waals surface area contributed by atoms with Gasteiger partial charge in [0.2, 0.25) is 0 Å². The maximum Gasteiger partial charge on any atom is 0.150 e. The van der Waals surface area contributed by atoms with Crippen LogP contribution >= 0.6 is 0 Å². The highest BCUT2D eigenvalue weighted by Crippen LogP contribution is 2.44. The van der Waals surface area contributed by atoms with Crippen molar-refractivity contribution >= 4 is 0 Å². The molecule has 28 heavy (non-hydrogen) atoms. The van der Waals surface area contributed by atoms with Crippen molar-refractivity contribution in [3.63, 3.8) is 0 Å².